The molecule has 0 radical (unpaired) electrons. The van der Waals surface area contributed by atoms with Crippen molar-refractivity contribution in [2.75, 3.05) is 5.32 Å². The van der Waals surface area contributed by atoms with E-state index in [1.54, 1.807) is 6.33 Å². The van der Waals surface area contributed by atoms with Gasteiger partial charge in [-0.15, -0.1) is 0 Å². The van der Waals surface area contributed by atoms with E-state index in [0.717, 1.165) is 23.6 Å². The van der Waals surface area contributed by atoms with E-state index in [1.165, 1.54) is 5.56 Å². The van der Waals surface area contributed by atoms with E-state index < -0.39 is 0 Å². The molecule has 0 saturated heterocycles. The van der Waals surface area contributed by atoms with Crippen molar-refractivity contribution in [3.8, 4) is 0 Å². The fraction of sp³-hybridized carbons (Fsp3) is 0.231. The Balaban J connectivity index is 1.97. The molecule has 4 heteroatoms. The first-order valence-electron chi connectivity index (χ1n) is 5.58. The maximum Gasteiger partial charge on any atom is 0.129 e. The first-order chi connectivity index (χ1) is 8.28. The van der Waals surface area contributed by atoms with Gasteiger partial charge in [0.15, 0.2) is 0 Å². The summed E-state index contributed by atoms with van der Waals surface area (Å²) in [5, 5.41) is 3.26. The molecular weight excluding hydrogens is 212 g/mol. The summed E-state index contributed by atoms with van der Waals surface area (Å²) in [6, 6.07) is 10.2. The fourth-order valence-electron chi connectivity index (χ4n) is 1.54. The Bertz CT molecular complexity index is 479. The molecule has 0 fully saturated rings. The van der Waals surface area contributed by atoms with Crippen molar-refractivity contribution < 1.29 is 0 Å². The van der Waals surface area contributed by atoms with Gasteiger partial charge < -0.3 is 11.1 Å². The summed E-state index contributed by atoms with van der Waals surface area (Å²) >= 11 is 0. The minimum atomic E-state index is 0.582. The number of nitrogens with zero attached hydrogens (tertiary/aromatic N) is 2. The van der Waals surface area contributed by atoms with Crippen molar-refractivity contribution >= 4 is 5.82 Å². The van der Waals surface area contributed by atoms with Gasteiger partial charge in [-0.1, -0.05) is 24.3 Å². The third-order valence-electron chi connectivity index (χ3n) is 2.54. The maximum absolute atomic E-state index is 5.55. The van der Waals surface area contributed by atoms with Gasteiger partial charge in [0.25, 0.3) is 0 Å². The lowest BCUT2D eigenvalue weighted by atomic mass is 10.1. The molecule has 0 amide bonds. The molecule has 0 aliphatic heterocycles. The van der Waals surface area contributed by atoms with Crippen LogP contribution in [0.2, 0.25) is 0 Å². The Labute approximate surface area is 101 Å². The van der Waals surface area contributed by atoms with Gasteiger partial charge in [-0.05, 0) is 18.1 Å². The van der Waals surface area contributed by atoms with E-state index in [1.807, 2.05) is 25.1 Å². The molecule has 4 nitrogen and oxygen atoms in total. The third-order valence-corrected chi connectivity index (χ3v) is 2.54. The van der Waals surface area contributed by atoms with Gasteiger partial charge in [-0.2, -0.15) is 0 Å². The monoisotopic (exact) mass is 228 g/mol. The SMILES string of the molecule is Cc1cc(NCc2ccc(CN)cc2)ncn1. The van der Waals surface area contributed by atoms with Gasteiger partial charge in [0.2, 0.25) is 0 Å². The van der Waals surface area contributed by atoms with Crippen LogP contribution in [0.4, 0.5) is 5.82 Å². The number of nitrogens with two attached hydrogens (primary N) is 1. The van der Waals surface area contributed by atoms with Crippen LogP contribution in [-0.2, 0) is 13.1 Å². The highest BCUT2D eigenvalue weighted by Crippen LogP contribution is 2.08. The van der Waals surface area contributed by atoms with E-state index in [9.17, 15) is 0 Å². The van der Waals surface area contributed by atoms with Crippen molar-refractivity contribution in [2.45, 2.75) is 20.0 Å². The number of rotatable bonds is 4. The zero-order valence-electron chi connectivity index (χ0n) is 9.85. The molecule has 2 rings (SSSR count). The summed E-state index contributed by atoms with van der Waals surface area (Å²) in [4.78, 5) is 8.20. The molecular formula is C13H16N4. The fourth-order valence-corrected chi connectivity index (χ4v) is 1.54. The molecule has 1 aromatic carbocycles. The van der Waals surface area contributed by atoms with Crippen LogP contribution < -0.4 is 11.1 Å². The first kappa shape index (κ1) is 11.5. The summed E-state index contributed by atoms with van der Waals surface area (Å²) < 4.78 is 0. The Morgan fingerprint density at radius 2 is 1.82 bits per heavy atom. The predicted octanol–water partition coefficient (Wildman–Crippen LogP) is 1.86. The highest BCUT2D eigenvalue weighted by atomic mass is 15.0. The number of anilines is 1. The van der Waals surface area contributed by atoms with Gasteiger partial charge in [-0.3, -0.25) is 0 Å². The predicted molar refractivity (Wildman–Crippen MR) is 68.4 cm³/mol. The van der Waals surface area contributed by atoms with Crippen molar-refractivity contribution in [3.63, 3.8) is 0 Å². The molecule has 2 aromatic rings. The number of hydrogen-bond acceptors (Lipinski definition) is 4. The standard InChI is InChI=1S/C13H16N4/c1-10-6-13(17-9-16-10)15-8-12-4-2-11(7-14)3-5-12/h2-6,9H,7-8,14H2,1H3,(H,15,16,17). The summed E-state index contributed by atoms with van der Waals surface area (Å²) in [6.45, 7) is 3.28. The first-order valence-corrected chi connectivity index (χ1v) is 5.58. The van der Waals surface area contributed by atoms with Crippen LogP contribution in [0.25, 0.3) is 0 Å². The zero-order valence-corrected chi connectivity index (χ0v) is 9.85. The van der Waals surface area contributed by atoms with Crippen molar-refractivity contribution in [3.05, 3.63) is 53.5 Å². The van der Waals surface area contributed by atoms with E-state index in [2.05, 4.69) is 27.4 Å². The van der Waals surface area contributed by atoms with Gasteiger partial charge in [0.1, 0.15) is 12.1 Å². The zero-order chi connectivity index (χ0) is 12.1. The normalized spacial score (nSPS) is 10.2. The molecule has 1 aromatic heterocycles. The van der Waals surface area contributed by atoms with Crippen molar-refractivity contribution in [1.82, 2.24) is 9.97 Å². The molecule has 0 spiro atoms. The van der Waals surface area contributed by atoms with Crippen molar-refractivity contribution in [1.29, 1.82) is 0 Å². The molecule has 0 bridgehead atoms. The van der Waals surface area contributed by atoms with Crippen LogP contribution in [0.5, 0.6) is 0 Å². The van der Waals surface area contributed by atoms with Crippen molar-refractivity contribution in [2.24, 2.45) is 5.73 Å². The van der Waals surface area contributed by atoms with Crippen LogP contribution in [-0.4, -0.2) is 9.97 Å². The lowest BCUT2D eigenvalue weighted by Gasteiger charge is -2.06. The average molecular weight is 228 g/mol. The Kier molecular flexibility index (Phi) is 3.67. The number of benzene rings is 1. The molecule has 0 aliphatic rings. The van der Waals surface area contributed by atoms with Gasteiger partial charge in [-0.25, -0.2) is 9.97 Å². The molecule has 3 N–H and O–H groups in total. The number of hydrogen-bond donors (Lipinski definition) is 2. The van der Waals surface area contributed by atoms with Crippen LogP contribution >= 0.6 is 0 Å². The lowest BCUT2D eigenvalue weighted by Crippen LogP contribution is -2.02. The molecule has 17 heavy (non-hydrogen) atoms. The Hall–Kier alpha value is -1.94. The molecule has 0 unspecified atom stereocenters. The molecule has 88 valence electrons. The largest absolute Gasteiger partial charge is 0.366 e. The van der Waals surface area contributed by atoms with Gasteiger partial charge in [0, 0.05) is 24.8 Å². The molecule has 0 atom stereocenters. The van der Waals surface area contributed by atoms with Gasteiger partial charge >= 0.3 is 0 Å². The average Bonchev–Trinajstić information content (AvgIpc) is 2.37. The quantitative estimate of drug-likeness (QED) is 0.838. The summed E-state index contributed by atoms with van der Waals surface area (Å²) in [5.74, 6) is 0.848. The number of aromatic nitrogens is 2. The highest BCUT2D eigenvalue weighted by molar-refractivity contribution is 5.36. The topological polar surface area (TPSA) is 63.8 Å². The molecule has 0 aliphatic carbocycles. The minimum Gasteiger partial charge on any atom is -0.366 e. The Morgan fingerprint density at radius 3 is 2.47 bits per heavy atom. The second kappa shape index (κ2) is 5.41. The van der Waals surface area contributed by atoms with E-state index in [4.69, 9.17) is 5.73 Å². The van der Waals surface area contributed by atoms with Crippen LogP contribution in [0, 0.1) is 6.92 Å². The number of nitrogens with one attached hydrogen (secondary N) is 1. The van der Waals surface area contributed by atoms with E-state index >= 15 is 0 Å². The Morgan fingerprint density at radius 1 is 1.12 bits per heavy atom. The smallest absolute Gasteiger partial charge is 0.129 e. The van der Waals surface area contributed by atoms with E-state index in [0.29, 0.717) is 6.54 Å². The maximum atomic E-state index is 5.55. The minimum absolute atomic E-state index is 0.582. The van der Waals surface area contributed by atoms with Crippen LogP contribution in [0.3, 0.4) is 0 Å². The van der Waals surface area contributed by atoms with Crippen LogP contribution in [0.1, 0.15) is 16.8 Å². The lowest BCUT2D eigenvalue weighted by molar-refractivity contribution is 1.04. The molecule has 1 heterocycles. The van der Waals surface area contributed by atoms with E-state index in [-0.39, 0.29) is 0 Å². The number of aryl methyl sites for hydroxylation is 1. The highest BCUT2D eigenvalue weighted by Gasteiger charge is 1.96. The second-order valence-corrected chi connectivity index (χ2v) is 3.92. The second-order valence-electron chi connectivity index (χ2n) is 3.92. The molecule has 0 saturated carbocycles. The summed E-state index contributed by atoms with van der Waals surface area (Å²) in [5.41, 5.74) is 8.86. The third kappa shape index (κ3) is 3.26. The summed E-state index contributed by atoms with van der Waals surface area (Å²) in [7, 11) is 0. The van der Waals surface area contributed by atoms with Crippen LogP contribution in [0.15, 0.2) is 36.7 Å². The van der Waals surface area contributed by atoms with Gasteiger partial charge in [0.05, 0.1) is 0 Å². The summed E-state index contributed by atoms with van der Waals surface area (Å²) in [6.07, 6.45) is 1.56.